The molecule has 0 unspecified atom stereocenters. The third-order valence-corrected chi connectivity index (χ3v) is 3.56. The van der Waals surface area contributed by atoms with Crippen molar-refractivity contribution in [3.05, 3.63) is 41.1 Å². The van der Waals surface area contributed by atoms with E-state index in [-0.39, 0.29) is 0 Å². The minimum Gasteiger partial charge on any atom is -0.383 e. The van der Waals surface area contributed by atoms with Crippen molar-refractivity contribution >= 4 is 0 Å². The molecule has 0 saturated carbocycles. The third-order valence-electron chi connectivity index (χ3n) is 3.56. The minimum absolute atomic E-state index is 0.721. The van der Waals surface area contributed by atoms with Gasteiger partial charge < -0.3 is 10.1 Å². The Labute approximate surface area is 120 Å². The molecule has 0 saturated heterocycles. The van der Waals surface area contributed by atoms with Crippen LogP contribution in [-0.4, -0.2) is 30.0 Å². The van der Waals surface area contributed by atoms with Crippen LogP contribution in [0.1, 0.15) is 16.7 Å². The van der Waals surface area contributed by atoms with E-state index in [0.29, 0.717) is 0 Å². The first-order valence-corrected chi connectivity index (χ1v) is 6.92. The summed E-state index contributed by atoms with van der Waals surface area (Å²) in [4.78, 5) is 0. The lowest BCUT2D eigenvalue weighted by atomic mass is 9.99. The zero-order valence-corrected chi connectivity index (χ0v) is 12.7. The average Bonchev–Trinajstić information content (AvgIpc) is 2.79. The van der Waals surface area contributed by atoms with Crippen molar-refractivity contribution in [3.8, 4) is 11.3 Å². The lowest BCUT2D eigenvalue weighted by molar-refractivity contribution is 0.199. The van der Waals surface area contributed by atoms with Gasteiger partial charge in [-0.15, -0.1) is 0 Å². The molecule has 0 atom stereocenters. The van der Waals surface area contributed by atoms with Gasteiger partial charge >= 0.3 is 0 Å². The van der Waals surface area contributed by atoms with Crippen LogP contribution in [0, 0.1) is 13.8 Å². The van der Waals surface area contributed by atoms with Crippen molar-refractivity contribution in [2.45, 2.75) is 20.4 Å². The summed E-state index contributed by atoms with van der Waals surface area (Å²) >= 11 is 0. The summed E-state index contributed by atoms with van der Waals surface area (Å²) < 4.78 is 6.93. The van der Waals surface area contributed by atoms with Crippen molar-refractivity contribution in [2.24, 2.45) is 7.05 Å². The Balaban J connectivity index is 2.25. The molecule has 1 heterocycles. The topological polar surface area (TPSA) is 39.1 Å². The zero-order valence-electron chi connectivity index (χ0n) is 12.7. The van der Waals surface area contributed by atoms with Gasteiger partial charge in [0.2, 0.25) is 0 Å². The molecule has 0 fully saturated rings. The van der Waals surface area contributed by atoms with Crippen LogP contribution in [0.15, 0.2) is 24.4 Å². The molecule has 0 spiro atoms. The summed E-state index contributed by atoms with van der Waals surface area (Å²) in [5.41, 5.74) is 6.10. The standard InChI is InChI=1S/C16H23N3O/c1-12-6-5-7-15(13(12)2)16-14(11-19(3)18-16)10-17-8-9-20-4/h5-7,11,17H,8-10H2,1-4H3. The van der Waals surface area contributed by atoms with Gasteiger partial charge in [0, 0.05) is 44.6 Å². The Kier molecular flexibility index (Phi) is 4.93. The Morgan fingerprint density at radius 2 is 2.10 bits per heavy atom. The van der Waals surface area contributed by atoms with Gasteiger partial charge in [0.15, 0.2) is 0 Å². The number of hydrogen-bond acceptors (Lipinski definition) is 3. The number of nitrogens with one attached hydrogen (secondary N) is 1. The lowest BCUT2D eigenvalue weighted by Crippen LogP contribution is -2.18. The molecule has 108 valence electrons. The number of rotatable bonds is 6. The maximum Gasteiger partial charge on any atom is 0.0970 e. The number of aromatic nitrogens is 2. The van der Waals surface area contributed by atoms with Crippen molar-refractivity contribution < 1.29 is 4.74 Å². The van der Waals surface area contributed by atoms with Crippen LogP contribution in [0.5, 0.6) is 0 Å². The number of benzene rings is 1. The van der Waals surface area contributed by atoms with Gasteiger partial charge in [0.25, 0.3) is 0 Å². The molecule has 0 aliphatic carbocycles. The molecule has 2 aromatic rings. The third kappa shape index (κ3) is 3.26. The van der Waals surface area contributed by atoms with Crippen LogP contribution in [-0.2, 0) is 18.3 Å². The Hall–Kier alpha value is -1.65. The summed E-state index contributed by atoms with van der Waals surface area (Å²) in [6.07, 6.45) is 2.08. The van der Waals surface area contributed by atoms with E-state index in [0.717, 1.165) is 25.4 Å². The van der Waals surface area contributed by atoms with Crippen LogP contribution < -0.4 is 5.32 Å². The van der Waals surface area contributed by atoms with Crippen LogP contribution >= 0.6 is 0 Å². The summed E-state index contributed by atoms with van der Waals surface area (Å²) in [7, 11) is 3.68. The maximum atomic E-state index is 5.05. The highest BCUT2D eigenvalue weighted by atomic mass is 16.5. The van der Waals surface area contributed by atoms with E-state index >= 15 is 0 Å². The lowest BCUT2D eigenvalue weighted by Gasteiger charge is -2.09. The van der Waals surface area contributed by atoms with Crippen molar-refractivity contribution in [1.82, 2.24) is 15.1 Å². The zero-order chi connectivity index (χ0) is 14.5. The van der Waals surface area contributed by atoms with E-state index in [2.05, 4.69) is 48.7 Å². The minimum atomic E-state index is 0.721. The van der Waals surface area contributed by atoms with Gasteiger partial charge in [-0.3, -0.25) is 4.68 Å². The Morgan fingerprint density at radius 3 is 2.85 bits per heavy atom. The van der Waals surface area contributed by atoms with E-state index in [1.165, 1.54) is 22.3 Å². The molecule has 0 radical (unpaired) electrons. The molecule has 4 nitrogen and oxygen atoms in total. The van der Waals surface area contributed by atoms with Crippen LogP contribution in [0.3, 0.4) is 0 Å². The molecular formula is C16H23N3O. The first-order chi connectivity index (χ1) is 9.63. The molecule has 1 N–H and O–H groups in total. The maximum absolute atomic E-state index is 5.05. The first-order valence-electron chi connectivity index (χ1n) is 6.92. The highest BCUT2D eigenvalue weighted by Gasteiger charge is 2.12. The second-order valence-electron chi connectivity index (χ2n) is 5.09. The molecule has 4 heteroatoms. The summed E-state index contributed by atoms with van der Waals surface area (Å²) in [5, 5.41) is 8.01. The van der Waals surface area contributed by atoms with Crippen molar-refractivity contribution in [2.75, 3.05) is 20.3 Å². The molecule has 0 bridgehead atoms. The van der Waals surface area contributed by atoms with Crippen molar-refractivity contribution in [3.63, 3.8) is 0 Å². The van der Waals surface area contributed by atoms with Gasteiger partial charge in [-0.25, -0.2) is 0 Å². The SMILES string of the molecule is COCCNCc1cn(C)nc1-c1cccc(C)c1C. The van der Waals surface area contributed by atoms with E-state index in [4.69, 9.17) is 4.74 Å². The predicted octanol–water partition coefficient (Wildman–Crippen LogP) is 2.44. The quantitative estimate of drug-likeness (QED) is 0.822. The normalized spacial score (nSPS) is 11.0. The van der Waals surface area contributed by atoms with Gasteiger partial charge in [-0.2, -0.15) is 5.10 Å². The highest BCUT2D eigenvalue weighted by molar-refractivity contribution is 5.67. The number of methoxy groups -OCH3 is 1. The summed E-state index contributed by atoms with van der Waals surface area (Å²) in [6, 6.07) is 6.37. The molecule has 0 aliphatic rings. The number of hydrogen-bond donors (Lipinski definition) is 1. The summed E-state index contributed by atoms with van der Waals surface area (Å²) in [6.45, 7) is 6.66. The molecule has 0 aliphatic heterocycles. The fourth-order valence-electron chi connectivity index (χ4n) is 2.30. The highest BCUT2D eigenvalue weighted by Crippen LogP contribution is 2.27. The van der Waals surface area contributed by atoms with Crippen LogP contribution in [0.4, 0.5) is 0 Å². The molecule has 20 heavy (non-hydrogen) atoms. The molecule has 1 aromatic heterocycles. The van der Waals surface area contributed by atoms with E-state index < -0.39 is 0 Å². The molecule has 0 amide bonds. The van der Waals surface area contributed by atoms with Gasteiger partial charge in [-0.1, -0.05) is 18.2 Å². The fraction of sp³-hybridized carbons (Fsp3) is 0.438. The fourth-order valence-corrected chi connectivity index (χ4v) is 2.30. The smallest absolute Gasteiger partial charge is 0.0970 e. The average molecular weight is 273 g/mol. The van der Waals surface area contributed by atoms with E-state index in [1.807, 2.05) is 11.7 Å². The first kappa shape index (κ1) is 14.8. The van der Waals surface area contributed by atoms with Gasteiger partial charge in [-0.05, 0) is 25.0 Å². The van der Waals surface area contributed by atoms with Crippen molar-refractivity contribution in [1.29, 1.82) is 0 Å². The van der Waals surface area contributed by atoms with E-state index in [9.17, 15) is 0 Å². The second-order valence-corrected chi connectivity index (χ2v) is 5.09. The van der Waals surface area contributed by atoms with Gasteiger partial charge in [0.1, 0.15) is 0 Å². The number of ether oxygens (including phenoxy) is 1. The summed E-state index contributed by atoms with van der Waals surface area (Å²) in [5.74, 6) is 0. The monoisotopic (exact) mass is 273 g/mol. The van der Waals surface area contributed by atoms with Crippen LogP contribution in [0.25, 0.3) is 11.3 Å². The second kappa shape index (κ2) is 6.68. The van der Waals surface area contributed by atoms with Gasteiger partial charge in [0.05, 0.1) is 12.3 Å². The largest absolute Gasteiger partial charge is 0.383 e. The molecule has 2 rings (SSSR count). The van der Waals surface area contributed by atoms with E-state index in [1.54, 1.807) is 7.11 Å². The molecular weight excluding hydrogens is 250 g/mol. The van der Waals surface area contributed by atoms with Crippen LogP contribution in [0.2, 0.25) is 0 Å². The molecule has 1 aromatic carbocycles. The predicted molar refractivity (Wildman–Crippen MR) is 81.7 cm³/mol. The number of aryl methyl sites for hydroxylation is 2. The Morgan fingerprint density at radius 1 is 1.30 bits per heavy atom. The Bertz CT molecular complexity index is 575. The number of nitrogens with zero attached hydrogens (tertiary/aromatic N) is 2.